The quantitative estimate of drug-likeness (QED) is 0.825. The number of carboxylic acids is 1. The maximum Gasteiger partial charge on any atom is 0.336 e. The molecule has 0 aliphatic heterocycles. The zero-order valence-corrected chi connectivity index (χ0v) is 8.29. The Kier molecular flexibility index (Phi) is 2.37. The molecule has 1 fully saturated rings. The molecule has 0 bridgehead atoms. The summed E-state index contributed by atoms with van der Waals surface area (Å²) >= 11 is 0. The van der Waals surface area contributed by atoms with Gasteiger partial charge in [-0.15, -0.1) is 0 Å². The number of benzene rings is 1. The topological polar surface area (TPSA) is 54.4 Å². The van der Waals surface area contributed by atoms with Gasteiger partial charge in [0.25, 0.3) is 0 Å². The lowest BCUT2D eigenvalue weighted by molar-refractivity contribution is 0.0693. The minimum Gasteiger partial charge on any atom is -0.478 e. The Hall–Kier alpha value is -1.16. The molecule has 2 rings (SSSR count). The number of carboxylic acid groups (broad SMARTS) is 1. The van der Waals surface area contributed by atoms with Crippen LogP contribution < -0.4 is 0 Å². The van der Waals surface area contributed by atoms with Gasteiger partial charge in [0.1, 0.15) is 0 Å². The van der Waals surface area contributed by atoms with Crippen LogP contribution in [0.5, 0.6) is 0 Å². The van der Waals surface area contributed by atoms with E-state index in [0.717, 1.165) is 12.8 Å². The summed E-state index contributed by atoms with van der Waals surface area (Å²) in [5, 5.41) is 9.06. The van der Waals surface area contributed by atoms with Crippen LogP contribution in [0.1, 0.15) is 23.2 Å². The fourth-order valence-corrected chi connectivity index (χ4v) is 2.79. The first-order valence-electron chi connectivity index (χ1n) is 4.43. The third kappa shape index (κ3) is 1.70. The van der Waals surface area contributed by atoms with Crippen molar-refractivity contribution in [1.29, 1.82) is 0 Å². The Morgan fingerprint density at radius 1 is 1.36 bits per heavy atom. The van der Waals surface area contributed by atoms with Crippen LogP contribution in [0.25, 0.3) is 0 Å². The van der Waals surface area contributed by atoms with Gasteiger partial charge in [0.05, 0.1) is 21.3 Å². The maximum absolute atomic E-state index is 11.8. The van der Waals surface area contributed by atoms with E-state index in [2.05, 4.69) is 0 Å². The number of hydrogen-bond acceptors (Lipinski definition) is 2. The zero-order chi connectivity index (χ0) is 10.1. The van der Waals surface area contributed by atoms with Crippen molar-refractivity contribution in [3.05, 3.63) is 29.8 Å². The molecule has 1 unspecified atom stereocenters. The second-order valence-electron chi connectivity index (χ2n) is 3.30. The van der Waals surface area contributed by atoms with Gasteiger partial charge in [0.2, 0.25) is 0 Å². The molecule has 0 aromatic heterocycles. The summed E-state index contributed by atoms with van der Waals surface area (Å²) in [6, 6.07) is 6.51. The Balaban J connectivity index is 2.40. The lowest BCUT2D eigenvalue weighted by atomic mass is 10.2. The van der Waals surface area contributed by atoms with Gasteiger partial charge < -0.3 is 5.11 Å². The van der Waals surface area contributed by atoms with E-state index in [1.807, 2.05) is 0 Å². The van der Waals surface area contributed by atoms with E-state index in [0.29, 0.717) is 4.90 Å². The van der Waals surface area contributed by atoms with Gasteiger partial charge in [-0.05, 0) is 25.0 Å². The largest absolute Gasteiger partial charge is 0.478 e. The third-order valence-corrected chi connectivity index (χ3v) is 4.03. The molecule has 1 aromatic rings. The molecule has 1 N–H and O–H groups in total. The maximum atomic E-state index is 11.8. The molecule has 1 atom stereocenters. The Morgan fingerprint density at radius 3 is 2.57 bits per heavy atom. The van der Waals surface area contributed by atoms with Crippen molar-refractivity contribution in [2.45, 2.75) is 23.0 Å². The highest BCUT2D eigenvalue weighted by Crippen LogP contribution is 2.31. The molecule has 1 aliphatic carbocycles. The van der Waals surface area contributed by atoms with Crippen LogP contribution in [0.3, 0.4) is 0 Å². The second-order valence-corrected chi connectivity index (χ2v) is 5.00. The highest BCUT2D eigenvalue weighted by molar-refractivity contribution is 7.86. The molecule has 1 aliphatic rings. The highest BCUT2D eigenvalue weighted by Gasteiger charge is 2.31. The number of rotatable bonds is 3. The van der Waals surface area contributed by atoms with Crippen molar-refractivity contribution >= 4 is 16.8 Å². The average molecular weight is 210 g/mol. The van der Waals surface area contributed by atoms with Crippen LogP contribution in [-0.4, -0.2) is 20.5 Å². The fourth-order valence-electron chi connectivity index (χ4n) is 1.28. The molecule has 0 spiro atoms. The Morgan fingerprint density at radius 2 is 2.00 bits per heavy atom. The predicted octanol–water partition coefficient (Wildman–Crippen LogP) is 1.65. The lowest BCUT2D eigenvalue weighted by Crippen LogP contribution is -2.06. The molecule has 0 heterocycles. The summed E-state index contributed by atoms with van der Waals surface area (Å²) in [4.78, 5) is 11.3. The molecule has 3 nitrogen and oxygen atoms in total. The number of carbonyl (C=O) groups is 1. The van der Waals surface area contributed by atoms with Gasteiger partial charge >= 0.3 is 5.97 Å². The average Bonchev–Trinajstić information content (AvgIpc) is 3.00. The first kappa shape index (κ1) is 9.40. The van der Waals surface area contributed by atoms with Crippen molar-refractivity contribution < 1.29 is 14.1 Å². The Bertz CT molecular complexity index is 396. The molecule has 1 saturated carbocycles. The van der Waals surface area contributed by atoms with E-state index in [4.69, 9.17) is 5.11 Å². The van der Waals surface area contributed by atoms with E-state index < -0.39 is 16.8 Å². The van der Waals surface area contributed by atoms with Crippen molar-refractivity contribution in [3.63, 3.8) is 0 Å². The number of aromatic carboxylic acids is 1. The molecule has 1 aromatic carbocycles. The van der Waals surface area contributed by atoms with Crippen LogP contribution in [-0.2, 0) is 10.8 Å². The molecule has 0 radical (unpaired) electrons. The van der Waals surface area contributed by atoms with E-state index in [-0.39, 0.29) is 10.8 Å². The van der Waals surface area contributed by atoms with Crippen molar-refractivity contribution in [2.24, 2.45) is 0 Å². The van der Waals surface area contributed by atoms with Crippen molar-refractivity contribution in [3.8, 4) is 0 Å². The van der Waals surface area contributed by atoms with Gasteiger partial charge in [0.15, 0.2) is 0 Å². The third-order valence-electron chi connectivity index (χ3n) is 2.16. The number of hydrogen-bond donors (Lipinski definition) is 1. The fraction of sp³-hybridized carbons (Fsp3) is 0.300. The lowest BCUT2D eigenvalue weighted by Gasteiger charge is -2.03. The normalized spacial score (nSPS) is 17.7. The minimum absolute atomic E-state index is 0.165. The smallest absolute Gasteiger partial charge is 0.336 e. The molecule has 4 heteroatoms. The summed E-state index contributed by atoms with van der Waals surface area (Å²) < 4.78 is 11.8. The summed E-state index contributed by atoms with van der Waals surface area (Å²) in [6.45, 7) is 0. The van der Waals surface area contributed by atoms with Crippen LogP contribution in [0.2, 0.25) is 0 Å². The van der Waals surface area contributed by atoms with Crippen LogP contribution in [0.15, 0.2) is 29.2 Å². The SMILES string of the molecule is O=C(O)c1ccccc1S(=O)C1CC1. The van der Waals surface area contributed by atoms with Crippen LogP contribution in [0, 0.1) is 0 Å². The summed E-state index contributed by atoms with van der Waals surface area (Å²) in [5.74, 6) is -1.01. The molecule has 0 saturated heterocycles. The van der Waals surface area contributed by atoms with Gasteiger partial charge in [-0.1, -0.05) is 12.1 Å². The van der Waals surface area contributed by atoms with E-state index in [1.165, 1.54) is 6.07 Å². The van der Waals surface area contributed by atoms with Crippen LogP contribution in [0.4, 0.5) is 0 Å². The predicted molar refractivity (Wildman–Crippen MR) is 52.8 cm³/mol. The van der Waals surface area contributed by atoms with Gasteiger partial charge in [-0.2, -0.15) is 0 Å². The molecule has 74 valence electrons. The summed E-state index contributed by atoms with van der Waals surface area (Å²) in [6.07, 6.45) is 1.89. The van der Waals surface area contributed by atoms with E-state index in [1.54, 1.807) is 18.2 Å². The molecule has 0 amide bonds. The van der Waals surface area contributed by atoms with Crippen LogP contribution >= 0.6 is 0 Å². The van der Waals surface area contributed by atoms with Gasteiger partial charge in [0, 0.05) is 5.25 Å². The molecular weight excluding hydrogens is 200 g/mol. The minimum atomic E-state index is -1.14. The van der Waals surface area contributed by atoms with Gasteiger partial charge in [-0.3, -0.25) is 4.21 Å². The second kappa shape index (κ2) is 3.53. The monoisotopic (exact) mass is 210 g/mol. The standard InChI is InChI=1S/C10H10O3S/c11-10(12)8-3-1-2-4-9(8)14(13)7-5-6-7/h1-4,7H,5-6H2,(H,11,12). The first-order valence-corrected chi connectivity index (χ1v) is 5.64. The van der Waals surface area contributed by atoms with Crippen molar-refractivity contribution in [2.75, 3.05) is 0 Å². The highest BCUT2D eigenvalue weighted by atomic mass is 32.2. The zero-order valence-electron chi connectivity index (χ0n) is 7.47. The molecular formula is C10H10O3S. The van der Waals surface area contributed by atoms with Gasteiger partial charge in [-0.25, -0.2) is 4.79 Å². The molecule has 14 heavy (non-hydrogen) atoms. The van der Waals surface area contributed by atoms with E-state index in [9.17, 15) is 9.00 Å². The van der Waals surface area contributed by atoms with E-state index >= 15 is 0 Å². The summed E-state index contributed by atoms with van der Waals surface area (Å²) in [7, 11) is -1.14. The first-order chi connectivity index (χ1) is 6.70. The summed E-state index contributed by atoms with van der Waals surface area (Å²) in [5.41, 5.74) is 0.165. The van der Waals surface area contributed by atoms with Crippen molar-refractivity contribution in [1.82, 2.24) is 0 Å². The Labute approximate surface area is 84.2 Å².